The largest absolute Gasteiger partial charge is 0.456 e. The van der Waals surface area contributed by atoms with Crippen molar-refractivity contribution >= 4 is 32.0 Å². The predicted molar refractivity (Wildman–Crippen MR) is 150 cm³/mol. The van der Waals surface area contributed by atoms with Gasteiger partial charge in [-0.2, -0.15) is 0 Å². The van der Waals surface area contributed by atoms with Crippen LogP contribution in [0.4, 0.5) is 0 Å². The Balaban J connectivity index is 1.97. The molecule has 0 aliphatic carbocycles. The molecule has 0 unspecified atom stereocenters. The SMILES string of the molecule is CC[Si](CC)(CC)O[C@H]1[C@H](OC(C)=O)[C@H](OC(C)=O)[C@@H](Sc2ccccc2)O[C@@H]1COCc1ccccc1. The number of benzene rings is 2. The summed E-state index contributed by atoms with van der Waals surface area (Å²) in [6.45, 7) is 9.78. The van der Waals surface area contributed by atoms with Crippen LogP contribution in [0.3, 0.4) is 0 Å². The van der Waals surface area contributed by atoms with E-state index in [2.05, 4.69) is 20.8 Å². The zero-order chi connectivity index (χ0) is 27.5. The molecule has 5 atom stereocenters. The Kier molecular flexibility index (Phi) is 11.9. The average molecular weight is 561 g/mol. The van der Waals surface area contributed by atoms with Crippen molar-refractivity contribution in [3.63, 3.8) is 0 Å². The van der Waals surface area contributed by atoms with E-state index < -0.39 is 50.1 Å². The highest BCUT2D eigenvalue weighted by atomic mass is 32.2. The first kappa shape index (κ1) is 30.4. The Bertz CT molecular complexity index is 994. The van der Waals surface area contributed by atoms with Crippen LogP contribution in [0.15, 0.2) is 65.6 Å². The standard InChI is InChI=1S/C29H40O7SSi/c1-6-38(7-2,8-3)36-26-25(20-32-19-23-15-11-9-12-16-23)35-29(37-24-17-13-10-14-18-24)28(34-22(5)31)27(26)33-21(4)30/h9-18,25-29H,6-8,19-20H2,1-5H3/t25-,26-,27+,28+,29-/m1/s1. The van der Waals surface area contributed by atoms with Crippen molar-refractivity contribution in [1.82, 2.24) is 0 Å². The molecule has 0 N–H and O–H groups in total. The quantitative estimate of drug-likeness (QED) is 0.219. The Morgan fingerprint density at radius 3 is 1.92 bits per heavy atom. The number of hydrogen-bond donors (Lipinski definition) is 0. The highest BCUT2D eigenvalue weighted by molar-refractivity contribution is 7.99. The Morgan fingerprint density at radius 2 is 1.37 bits per heavy atom. The normalized spacial score (nSPS) is 23.6. The number of carbonyl (C=O) groups excluding carboxylic acids is 2. The van der Waals surface area contributed by atoms with Crippen LogP contribution in [0.2, 0.25) is 18.1 Å². The first-order valence-corrected chi connectivity index (χ1v) is 16.7. The summed E-state index contributed by atoms with van der Waals surface area (Å²) >= 11 is 1.43. The molecule has 2 aromatic carbocycles. The van der Waals surface area contributed by atoms with Crippen molar-refractivity contribution in [2.75, 3.05) is 6.61 Å². The maximum atomic E-state index is 12.3. The van der Waals surface area contributed by atoms with Crippen molar-refractivity contribution in [3.8, 4) is 0 Å². The van der Waals surface area contributed by atoms with Crippen molar-refractivity contribution in [2.24, 2.45) is 0 Å². The Morgan fingerprint density at radius 1 is 0.816 bits per heavy atom. The monoisotopic (exact) mass is 560 g/mol. The summed E-state index contributed by atoms with van der Waals surface area (Å²) in [5.74, 6) is -0.941. The topological polar surface area (TPSA) is 80.3 Å². The number of ether oxygens (including phenoxy) is 4. The third kappa shape index (κ3) is 8.41. The second kappa shape index (κ2) is 14.8. The minimum Gasteiger partial charge on any atom is -0.456 e. The smallest absolute Gasteiger partial charge is 0.303 e. The van der Waals surface area contributed by atoms with E-state index in [1.165, 1.54) is 25.6 Å². The van der Waals surface area contributed by atoms with Crippen LogP contribution in [0.25, 0.3) is 0 Å². The summed E-state index contributed by atoms with van der Waals surface area (Å²) in [6.07, 6.45) is -2.87. The van der Waals surface area contributed by atoms with Crippen LogP contribution >= 0.6 is 11.8 Å². The maximum Gasteiger partial charge on any atom is 0.303 e. The number of thioether (sulfide) groups is 1. The highest BCUT2D eigenvalue weighted by Gasteiger charge is 2.53. The van der Waals surface area contributed by atoms with Crippen LogP contribution < -0.4 is 0 Å². The van der Waals surface area contributed by atoms with Crippen molar-refractivity contribution in [2.45, 2.75) is 94.1 Å². The fourth-order valence-electron chi connectivity index (χ4n) is 4.68. The lowest BCUT2D eigenvalue weighted by Gasteiger charge is -2.47. The molecule has 208 valence electrons. The van der Waals surface area contributed by atoms with Gasteiger partial charge in [0.25, 0.3) is 0 Å². The van der Waals surface area contributed by atoms with Gasteiger partial charge in [-0.05, 0) is 35.8 Å². The molecule has 7 nitrogen and oxygen atoms in total. The molecule has 2 aromatic rings. The van der Waals surface area contributed by atoms with Gasteiger partial charge in [0.2, 0.25) is 0 Å². The lowest BCUT2D eigenvalue weighted by Crippen LogP contribution is -2.63. The molecule has 0 radical (unpaired) electrons. The first-order chi connectivity index (χ1) is 18.3. The van der Waals surface area contributed by atoms with E-state index in [-0.39, 0.29) is 6.61 Å². The van der Waals surface area contributed by atoms with E-state index in [1.54, 1.807) is 0 Å². The predicted octanol–water partition coefficient (Wildman–Crippen LogP) is 5.97. The zero-order valence-electron chi connectivity index (χ0n) is 23.0. The molecule has 1 saturated heterocycles. The van der Waals surface area contributed by atoms with Crippen molar-refractivity contribution < 1.29 is 33.0 Å². The van der Waals surface area contributed by atoms with Gasteiger partial charge in [-0.3, -0.25) is 9.59 Å². The molecular formula is C29H40O7SSi. The van der Waals surface area contributed by atoms with Gasteiger partial charge in [-0.25, -0.2) is 0 Å². The summed E-state index contributed by atoms with van der Waals surface area (Å²) in [5.41, 5.74) is 0.418. The van der Waals surface area contributed by atoms with E-state index in [9.17, 15) is 9.59 Å². The molecular weight excluding hydrogens is 520 g/mol. The third-order valence-electron chi connectivity index (χ3n) is 6.90. The van der Waals surface area contributed by atoms with Gasteiger partial charge in [0.1, 0.15) is 17.6 Å². The van der Waals surface area contributed by atoms with Crippen LogP contribution in [-0.2, 0) is 39.6 Å². The van der Waals surface area contributed by atoms with Gasteiger partial charge in [0.15, 0.2) is 20.5 Å². The third-order valence-corrected chi connectivity index (χ3v) is 12.7. The van der Waals surface area contributed by atoms with Crippen LogP contribution in [0, 0.1) is 0 Å². The molecule has 0 saturated carbocycles. The fraction of sp³-hybridized carbons (Fsp3) is 0.517. The van der Waals surface area contributed by atoms with Gasteiger partial charge in [-0.15, -0.1) is 0 Å². The summed E-state index contributed by atoms with van der Waals surface area (Å²) in [4.78, 5) is 25.5. The van der Waals surface area contributed by atoms with Gasteiger partial charge in [-0.1, -0.05) is 81.1 Å². The van der Waals surface area contributed by atoms with E-state index in [4.69, 9.17) is 23.4 Å². The number of hydrogen-bond acceptors (Lipinski definition) is 8. The van der Waals surface area contributed by atoms with Crippen molar-refractivity contribution in [1.29, 1.82) is 0 Å². The van der Waals surface area contributed by atoms with E-state index in [0.29, 0.717) is 6.61 Å². The molecule has 1 fully saturated rings. The summed E-state index contributed by atoms with van der Waals surface area (Å²) in [5, 5.41) is 0. The summed E-state index contributed by atoms with van der Waals surface area (Å²) in [6, 6.07) is 22.4. The summed E-state index contributed by atoms with van der Waals surface area (Å²) < 4.78 is 31.3. The lowest BCUT2D eigenvalue weighted by atomic mass is 9.99. The maximum absolute atomic E-state index is 12.3. The van der Waals surface area contributed by atoms with E-state index >= 15 is 0 Å². The number of esters is 2. The molecule has 0 amide bonds. The Labute approximate surface area is 231 Å². The molecule has 9 heteroatoms. The fourth-order valence-corrected chi connectivity index (χ4v) is 8.67. The molecule has 3 rings (SSSR count). The van der Waals surface area contributed by atoms with Gasteiger partial charge in [0.05, 0.1) is 13.2 Å². The van der Waals surface area contributed by atoms with E-state index in [0.717, 1.165) is 28.6 Å². The van der Waals surface area contributed by atoms with Gasteiger partial charge in [0, 0.05) is 18.7 Å². The van der Waals surface area contributed by atoms with Crippen LogP contribution in [-0.4, -0.2) is 56.7 Å². The first-order valence-electron chi connectivity index (χ1n) is 13.3. The minimum atomic E-state index is -2.18. The van der Waals surface area contributed by atoms with Crippen LogP contribution in [0.5, 0.6) is 0 Å². The second-order valence-electron chi connectivity index (χ2n) is 9.45. The lowest BCUT2D eigenvalue weighted by molar-refractivity contribution is -0.228. The van der Waals surface area contributed by atoms with E-state index in [1.807, 2.05) is 60.7 Å². The molecule has 0 spiro atoms. The average Bonchev–Trinajstić information content (AvgIpc) is 2.91. The molecule has 1 heterocycles. The molecule has 1 aliphatic heterocycles. The molecule has 0 aromatic heterocycles. The second-order valence-corrected chi connectivity index (χ2v) is 15.3. The van der Waals surface area contributed by atoms with Gasteiger partial charge >= 0.3 is 11.9 Å². The summed E-state index contributed by atoms with van der Waals surface area (Å²) in [7, 11) is -2.18. The molecule has 38 heavy (non-hydrogen) atoms. The van der Waals surface area contributed by atoms with Crippen LogP contribution in [0.1, 0.15) is 40.2 Å². The number of rotatable bonds is 13. The zero-order valence-corrected chi connectivity index (χ0v) is 24.8. The molecule has 0 bridgehead atoms. The molecule has 1 aliphatic rings. The minimum absolute atomic E-state index is 0.234. The van der Waals surface area contributed by atoms with Gasteiger partial charge < -0.3 is 23.4 Å². The highest BCUT2D eigenvalue weighted by Crippen LogP contribution is 2.39. The number of carbonyl (C=O) groups is 2. The Hall–Kier alpha value is -2.17. The van der Waals surface area contributed by atoms with Crippen molar-refractivity contribution in [3.05, 3.63) is 66.2 Å².